The van der Waals surface area contributed by atoms with Gasteiger partial charge in [0.25, 0.3) is 11.8 Å². The topological polar surface area (TPSA) is 84.2 Å². The zero-order valence-electron chi connectivity index (χ0n) is 13.7. The predicted octanol–water partition coefficient (Wildman–Crippen LogP) is 4.43. The van der Waals surface area contributed by atoms with Crippen molar-refractivity contribution in [2.45, 2.75) is 0 Å². The molecule has 4 N–H and O–H groups in total. The Kier molecular flexibility index (Phi) is 5.20. The zero-order valence-corrected chi connectivity index (χ0v) is 14.5. The van der Waals surface area contributed by atoms with Gasteiger partial charge in [0.1, 0.15) is 0 Å². The number of halogens is 1. The van der Waals surface area contributed by atoms with E-state index >= 15 is 0 Å². The number of hydrogen-bond acceptors (Lipinski definition) is 3. The Morgan fingerprint density at radius 2 is 1.42 bits per heavy atom. The summed E-state index contributed by atoms with van der Waals surface area (Å²) in [6.45, 7) is 0. The summed E-state index contributed by atoms with van der Waals surface area (Å²) in [7, 11) is 0. The van der Waals surface area contributed by atoms with Crippen molar-refractivity contribution in [3.63, 3.8) is 0 Å². The second kappa shape index (κ2) is 7.72. The Labute approximate surface area is 155 Å². The molecule has 0 saturated carbocycles. The lowest BCUT2D eigenvalue weighted by atomic mass is 10.1. The third-order valence-electron chi connectivity index (χ3n) is 3.69. The van der Waals surface area contributed by atoms with Gasteiger partial charge < -0.3 is 16.4 Å². The first-order valence-corrected chi connectivity index (χ1v) is 8.23. The molecule has 0 aliphatic heterocycles. The molecule has 3 aromatic carbocycles. The molecule has 0 aliphatic rings. The van der Waals surface area contributed by atoms with Crippen LogP contribution in [0.25, 0.3) is 0 Å². The average molecular weight is 366 g/mol. The van der Waals surface area contributed by atoms with Crippen molar-refractivity contribution in [2.75, 3.05) is 16.4 Å². The van der Waals surface area contributed by atoms with Gasteiger partial charge in [0.05, 0.1) is 11.3 Å². The first-order chi connectivity index (χ1) is 12.5. The molecular weight excluding hydrogens is 350 g/mol. The van der Waals surface area contributed by atoms with Gasteiger partial charge in [-0.1, -0.05) is 23.7 Å². The van der Waals surface area contributed by atoms with Gasteiger partial charge in [-0.15, -0.1) is 0 Å². The van der Waals surface area contributed by atoms with E-state index in [1.807, 2.05) is 0 Å². The lowest BCUT2D eigenvalue weighted by Gasteiger charge is -2.12. The van der Waals surface area contributed by atoms with Gasteiger partial charge in [-0.05, 0) is 60.7 Å². The highest BCUT2D eigenvalue weighted by Crippen LogP contribution is 2.20. The minimum absolute atomic E-state index is 0.322. The van der Waals surface area contributed by atoms with Crippen LogP contribution in [0.2, 0.25) is 5.02 Å². The van der Waals surface area contributed by atoms with Crippen LogP contribution in [-0.2, 0) is 0 Å². The summed E-state index contributed by atoms with van der Waals surface area (Å²) in [5.74, 6) is -0.655. The number of carbonyl (C=O) groups is 2. The lowest BCUT2D eigenvalue weighted by molar-refractivity contribution is 0.102. The molecule has 2 amide bonds. The fourth-order valence-electron chi connectivity index (χ4n) is 2.35. The largest absolute Gasteiger partial charge is 0.399 e. The van der Waals surface area contributed by atoms with Crippen molar-refractivity contribution in [2.24, 2.45) is 0 Å². The van der Waals surface area contributed by atoms with Crippen LogP contribution in [-0.4, -0.2) is 11.8 Å². The minimum Gasteiger partial charge on any atom is -0.399 e. The first kappa shape index (κ1) is 17.5. The summed E-state index contributed by atoms with van der Waals surface area (Å²) in [6.07, 6.45) is 0. The number of benzene rings is 3. The molecule has 0 heterocycles. The number of hydrogen-bond donors (Lipinski definition) is 3. The van der Waals surface area contributed by atoms with Crippen molar-refractivity contribution in [1.29, 1.82) is 0 Å². The van der Waals surface area contributed by atoms with Gasteiger partial charge in [0.15, 0.2) is 0 Å². The van der Waals surface area contributed by atoms with E-state index in [0.717, 1.165) is 0 Å². The Hall–Kier alpha value is -3.31. The van der Waals surface area contributed by atoms with Crippen LogP contribution in [0, 0.1) is 0 Å². The van der Waals surface area contributed by atoms with Crippen molar-refractivity contribution in [3.8, 4) is 0 Å². The highest BCUT2D eigenvalue weighted by molar-refractivity contribution is 6.30. The first-order valence-electron chi connectivity index (χ1n) is 7.86. The number of amides is 2. The maximum Gasteiger partial charge on any atom is 0.257 e. The van der Waals surface area contributed by atoms with E-state index in [1.165, 1.54) is 0 Å². The highest BCUT2D eigenvalue weighted by Gasteiger charge is 2.14. The smallest absolute Gasteiger partial charge is 0.257 e. The Bertz CT molecular complexity index is 938. The van der Waals surface area contributed by atoms with Crippen LogP contribution in [0.4, 0.5) is 17.1 Å². The van der Waals surface area contributed by atoms with Gasteiger partial charge in [0, 0.05) is 22.0 Å². The molecule has 0 fully saturated rings. The summed E-state index contributed by atoms with van der Waals surface area (Å²) in [5.41, 5.74) is 8.04. The third kappa shape index (κ3) is 4.20. The summed E-state index contributed by atoms with van der Waals surface area (Å²) < 4.78 is 0. The van der Waals surface area contributed by atoms with Gasteiger partial charge in [0.2, 0.25) is 0 Å². The van der Waals surface area contributed by atoms with Crippen LogP contribution < -0.4 is 16.4 Å². The normalized spacial score (nSPS) is 10.2. The molecule has 5 nitrogen and oxygen atoms in total. The molecular formula is C20H16ClN3O2. The number of para-hydroxylation sites is 1. The molecule has 3 aromatic rings. The van der Waals surface area contributed by atoms with Gasteiger partial charge in [-0.25, -0.2) is 0 Å². The van der Waals surface area contributed by atoms with Crippen molar-refractivity contribution in [3.05, 3.63) is 88.9 Å². The molecule has 0 spiro atoms. The van der Waals surface area contributed by atoms with Crippen LogP contribution in [0.3, 0.4) is 0 Å². The fraction of sp³-hybridized carbons (Fsp3) is 0. The molecule has 0 saturated heterocycles. The summed E-state index contributed by atoms with van der Waals surface area (Å²) in [4.78, 5) is 25.0. The Morgan fingerprint density at radius 3 is 2.12 bits per heavy atom. The maximum absolute atomic E-state index is 12.6. The fourth-order valence-corrected chi connectivity index (χ4v) is 2.48. The molecule has 130 valence electrons. The number of nitrogens with one attached hydrogen (secondary N) is 2. The number of carbonyl (C=O) groups excluding carboxylic acids is 2. The predicted molar refractivity (Wildman–Crippen MR) is 105 cm³/mol. The van der Waals surface area contributed by atoms with Gasteiger partial charge >= 0.3 is 0 Å². The Balaban J connectivity index is 1.79. The Morgan fingerprint density at radius 1 is 0.769 bits per heavy atom. The molecule has 26 heavy (non-hydrogen) atoms. The second-order valence-electron chi connectivity index (χ2n) is 5.58. The molecule has 0 atom stereocenters. The van der Waals surface area contributed by atoms with Crippen LogP contribution in [0.15, 0.2) is 72.8 Å². The average Bonchev–Trinajstić information content (AvgIpc) is 2.64. The molecule has 0 aromatic heterocycles. The van der Waals surface area contributed by atoms with E-state index in [2.05, 4.69) is 10.6 Å². The standard InChI is InChI=1S/C20H16ClN3O2/c21-14-7-11-16(12-8-14)23-20(26)17-3-1-2-4-18(17)24-19(25)13-5-9-15(22)10-6-13/h1-12H,22H2,(H,23,26)(H,24,25). The maximum atomic E-state index is 12.6. The van der Waals surface area contributed by atoms with E-state index in [-0.39, 0.29) is 11.8 Å². The van der Waals surface area contributed by atoms with Crippen LogP contribution >= 0.6 is 11.6 Å². The highest BCUT2D eigenvalue weighted by atomic mass is 35.5. The van der Waals surface area contributed by atoms with E-state index < -0.39 is 0 Å². The van der Waals surface area contributed by atoms with Crippen molar-refractivity contribution >= 4 is 40.5 Å². The molecule has 6 heteroatoms. The minimum atomic E-state index is -0.333. The van der Waals surface area contributed by atoms with E-state index in [1.54, 1.807) is 72.8 Å². The van der Waals surface area contributed by atoms with Crippen molar-refractivity contribution in [1.82, 2.24) is 0 Å². The number of anilines is 3. The molecule has 3 rings (SSSR count). The quantitative estimate of drug-likeness (QED) is 0.598. The molecule has 0 unspecified atom stereocenters. The van der Waals surface area contributed by atoms with E-state index in [4.69, 9.17) is 17.3 Å². The van der Waals surface area contributed by atoms with E-state index in [0.29, 0.717) is 33.2 Å². The van der Waals surface area contributed by atoms with Crippen LogP contribution in [0.1, 0.15) is 20.7 Å². The number of nitrogen functional groups attached to an aromatic ring is 1. The van der Waals surface area contributed by atoms with Gasteiger partial charge in [-0.2, -0.15) is 0 Å². The van der Waals surface area contributed by atoms with Crippen molar-refractivity contribution < 1.29 is 9.59 Å². The van der Waals surface area contributed by atoms with Crippen LogP contribution in [0.5, 0.6) is 0 Å². The monoisotopic (exact) mass is 365 g/mol. The lowest BCUT2D eigenvalue weighted by Crippen LogP contribution is -2.18. The molecule has 0 radical (unpaired) electrons. The third-order valence-corrected chi connectivity index (χ3v) is 3.95. The summed E-state index contributed by atoms with van der Waals surface area (Å²) in [5, 5.41) is 6.12. The molecule has 0 aliphatic carbocycles. The summed E-state index contributed by atoms with van der Waals surface area (Å²) >= 11 is 5.85. The SMILES string of the molecule is Nc1ccc(C(=O)Nc2ccccc2C(=O)Nc2ccc(Cl)cc2)cc1. The summed E-state index contributed by atoms with van der Waals surface area (Å²) in [6, 6.07) is 20.1. The second-order valence-corrected chi connectivity index (χ2v) is 6.02. The van der Waals surface area contributed by atoms with E-state index in [9.17, 15) is 9.59 Å². The number of nitrogens with two attached hydrogens (primary N) is 1. The molecule has 0 bridgehead atoms. The number of rotatable bonds is 4. The zero-order chi connectivity index (χ0) is 18.5. The van der Waals surface area contributed by atoms with Gasteiger partial charge in [-0.3, -0.25) is 9.59 Å².